The Hall–Kier alpha value is -2.50. The van der Waals surface area contributed by atoms with Gasteiger partial charge in [-0.3, -0.25) is 9.59 Å². The zero-order valence-corrected chi connectivity index (χ0v) is 22.2. The van der Waals surface area contributed by atoms with Gasteiger partial charge < -0.3 is 10.6 Å². The fraction of sp³-hybridized carbons (Fsp3) is 0.130. The van der Waals surface area contributed by atoms with Crippen molar-refractivity contribution in [2.75, 3.05) is 10.6 Å². The molecule has 2 amide bonds. The lowest BCUT2D eigenvalue weighted by atomic mass is 9.94. The molecule has 0 heterocycles. The first-order valence-electron chi connectivity index (χ1n) is 9.86. The number of hydrogen-bond acceptors (Lipinski definition) is 2. The van der Waals surface area contributed by atoms with Crippen LogP contribution in [0.3, 0.4) is 0 Å². The second-order valence-electron chi connectivity index (χ2n) is 7.41. The maximum Gasteiger partial charge on any atom is 0.435 e. The summed E-state index contributed by atoms with van der Waals surface area (Å²) in [5.74, 6) is -2.92. The van der Waals surface area contributed by atoms with Crippen LogP contribution in [0.5, 0.6) is 0 Å². The van der Waals surface area contributed by atoms with Crippen LogP contribution in [0.15, 0.2) is 60.7 Å². The Kier molecular flexibility index (Phi) is 8.41. The SMILES string of the molecule is O=C(Nc1cccc(C(=O)Nc2c(I)cc(C(F)(C(F)(F)F)C(F)(F)F)cc2I)c1F)c1ccccc1. The molecule has 0 atom stereocenters. The first-order valence-corrected chi connectivity index (χ1v) is 12.0. The van der Waals surface area contributed by atoms with Gasteiger partial charge in [0.05, 0.1) is 16.9 Å². The molecule has 0 bridgehead atoms. The molecular formula is C23H12F8I2N2O2. The number of halogens is 10. The lowest BCUT2D eigenvalue weighted by Crippen LogP contribution is -2.50. The predicted octanol–water partition coefficient (Wildman–Crippen LogP) is 7.83. The van der Waals surface area contributed by atoms with E-state index in [0.29, 0.717) is 12.1 Å². The molecule has 0 spiro atoms. The molecule has 0 radical (unpaired) electrons. The highest BCUT2D eigenvalue weighted by Gasteiger charge is 2.73. The molecule has 3 aromatic rings. The van der Waals surface area contributed by atoms with Gasteiger partial charge in [0.15, 0.2) is 5.82 Å². The van der Waals surface area contributed by atoms with E-state index in [1.54, 1.807) is 18.2 Å². The summed E-state index contributed by atoms with van der Waals surface area (Å²) in [4.78, 5) is 25.1. The number of amides is 2. The van der Waals surface area contributed by atoms with Crippen molar-refractivity contribution in [3.8, 4) is 0 Å². The molecule has 0 unspecified atom stereocenters. The first-order chi connectivity index (χ1) is 17.1. The predicted molar refractivity (Wildman–Crippen MR) is 136 cm³/mol. The molecule has 0 fully saturated rings. The van der Waals surface area contributed by atoms with Crippen molar-refractivity contribution >= 4 is 68.4 Å². The summed E-state index contributed by atoms with van der Waals surface area (Å²) in [6.07, 6.45) is -12.6. The van der Waals surface area contributed by atoms with Crippen molar-refractivity contribution < 1.29 is 44.7 Å². The van der Waals surface area contributed by atoms with Crippen molar-refractivity contribution in [3.63, 3.8) is 0 Å². The van der Waals surface area contributed by atoms with E-state index in [1.165, 1.54) is 69.4 Å². The highest BCUT2D eigenvalue weighted by Crippen LogP contribution is 2.54. The standard InChI is InChI=1S/C23H12F8I2N2O2/c24-17-13(7-4-8-16(17)34-19(36)11-5-2-1-3-6-11)20(37)35-18-14(32)9-12(10-15(18)33)21(25,22(26,27)28)23(29,30)31/h1-10H,(H,34,36)(H,35,37). The van der Waals surface area contributed by atoms with Crippen molar-refractivity contribution in [2.45, 2.75) is 18.0 Å². The smallest absolute Gasteiger partial charge is 0.320 e. The molecule has 4 nitrogen and oxygen atoms in total. The van der Waals surface area contributed by atoms with Gasteiger partial charge in [0.2, 0.25) is 0 Å². The second kappa shape index (κ2) is 10.7. The Morgan fingerprint density at radius 2 is 1.24 bits per heavy atom. The quantitative estimate of drug-likeness (QED) is 0.206. The van der Waals surface area contributed by atoms with Crippen LogP contribution in [0.2, 0.25) is 0 Å². The maximum atomic E-state index is 15.0. The summed E-state index contributed by atoms with van der Waals surface area (Å²) in [6.45, 7) is 0. The molecular weight excluding hydrogens is 742 g/mol. The molecule has 0 saturated carbocycles. The normalized spacial score (nSPS) is 12.3. The van der Waals surface area contributed by atoms with Gasteiger partial charge in [-0.2, -0.15) is 26.3 Å². The number of alkyl halides is 7. The van der Waals surface area contributed by atoms with Gasteiger partial charge in [-0.05, 0) is 81.6 Å². The minimum Gasteiger partial charge on any atom is -0.320 e. The number of nitrogens with one attached hydrogen (secondary N) is 2. The highest BCUT2D eigenvalue weighted by atomic mass is 127. The van der Waals surface area contributed by atoms with Gasteiger partial charge >= 0.3 is 18.0 Å². The molecule has 0 aliphatic carbocycles. The Balaban J connectivity index is 1.92. The van der Waals surface area contributed by atoms with Gasteiger partial charge in [0.25, 0.3) is 11.8 Å². The number of carbonyl (C=O) groups is 2. The summed E-state index contributed by atoms with van der Waals surface area (Å²) in [6, 6.07) is 11.9. The molecule has 3 aromatic carbocycles. The van der Waals surface area contributed by atoms with Crippen molar-refractivity contribution in [3.05, 3.63) is 90.3 Å². The monoisotopic (exact) mass is 754 g/mol. The van der Waals surface area contributed by atoms with E-state index in [0.717, 1.165) is 6.07 Å². The average molecular weight is 754 g/mol. The van der Waals surface area contributed by atoms with Crippen LogP contribution in [-0.4, -0.2) is 24.2 Å². The van der Waals surface area contributed by atoms with Gasteiger partial charge in [-0.1, -0.05) is 24.3 Å². The van der Waals surface area contributed by atoms with Crippen molar-refractivity contribution in [2.24, 2.45) is 0 Å². The molecule has 2 N–H and O–H groups in total. The minimum atomic E-state index is -6.31. The largest absolute Gasteiger partial charge is 0.435 e. The molecule has 14 heteroatoms. The van der Waals surface area contributed by atoms with Gasteiger partial charge in [0, 0.05) is 18.3 Å². The Morgan fingerprint density at radius 1 is 0.703 bits per heavy atom. The third-order valence-electron chi connectivity index (χ3n) is 4.99. The van der Waals surface area contributed by atoms with E-state index in [-0.39, 0.29) is 24.1 Å². The van der Waals surface area contributed by atoms with Gasteiger partial charge in [-0.25, -0.2) is 8.78 Å². The maximum absolute atomic E-state index is 15.0. The molecule has 0 aliphatic rings. The topological polar surface area (TPSA) is 58.2 Å². The summed E-state index contributed by atoms with van der Waals surface area (Å²) in [7, 11) is 0. The number of carbonyl (C=O) groups excluding carboxylic acids is 2. The average Bonchev–Trinajstić information content (AvgIpc) is 2.81. The third kappa shape index (κ3) is 5.83. The molecule has 0 saturated heterocycles. The third-order valence-corrected chi connectivity index (χ3v) is 6.69. The van der Waals surface area contributed by atoms with E-state index < -0.39 is 46.8 Å². The van der Waals surface area contributed by atoms with E-state index >= 15 is 4.39 Å². The van der Waals surface area contributed by atoms with Crippen LogP contribution in [0.1, 0.15) is 26.3 Å². The summed E-state index contributed by atoms with van der Waals surface area (Å²) in [5.41, 5.74) is -8.36. The molecule has 196 valence electrons. The zero-order valence-electron chi connectivity index (χ0n) is 17.9. The van der Waals surface area contributed by atoms with Crippen molar-refractivity contribution in [1.82, 2.24) is 0 Å². The van der Waals surface area contributed by atoms with Crippen LogP contribution >= 0.6 is 45.2 Å². The van der Waals surface area contributed by atoms with Gasteiger partial charge in [0.1, 0.15) is 0 Å². The Labute approximate surface area is 231 Å². The zero-order chi connectivity index (χ0) is 27.8. The van der Waals surface area contributed by atoms with Crippen LogP contribution < -0.4 is 10.6 Å². The van der Waals surface area contributed by atoms with E-state index in [9.17, 15) is 40.3 Å². The lowest BCUT2D eigenvalue weighted by Gasteiger charge is -2.31. The molecule has 0 aromatic heterocycles. The highest BCUT2D eigenvalue weighted by molar-refractivity contribution is 14.1. The summed E-state index contributed by atoms with van der Waals surface area (Å²) < 4.78 is 107. The van der Waals surface area contributed by atoms with Crippen LogP contribution in [0, 0.1) is 13.0 Å². The minimum absolute atomic E-state index is 0.211. The Morgan fingerprint density at radius 3 is 1.76 bits per heavy atom. The molecule has 37 heavy (non-hydrogen) atoms. The Bertz CT molecular complexity index is 1310. The molecule has 0 aliphatic heterocycles. The van der Waals surface area contributed by atoms with E-state index in [2.05, 4.69) is 10.6 Å². The number of benzene rings is 3. The van der Waals surface area contributed by atoms with Crippen LogP contribution in [0.25, 0.3) is 0 Å². The van der Waals surface area contributed by atoms with Gasteiger partial charge in [-0.15, -0.1) is 0 Å². The lowest BCUT2D eigenvalue weighted by molar-refractivity contribution is -0.348. The van der Waals surface area contributed by atoms with Crippen molar-refractivity contribution in [1.29, 1.82) is 0 Å². The fourth-order valence-electron chi connectivity index (χ4n) is 3.15. The number of rotatable bonds is 5. The second-order valence-corrected chi connectivity index (χ2v) is 9.73. The summed E-state index contributed by atoms with van der Waals surface area (Å²) in [5, 5.41) is 4.52. The van der Waals surface area contributed by atoms with Crippen LogP contribution in [-0.2, 0) is 5.67 Å². The number of anilines is 2. The van der Waals surface area contributed by atoms with E-state index in [1.807, 2.05) is 0 Å². The molecule has 3 rings (SSSR count). The number of hydrogen-bond donors (Lipinski definition) is 2. The first kappa shape index (κ1) is 29.1. The summed E-state index contributed by atoms with van der Waals surface area (Å²) >= 11 is 2.65. The van der Waals surface area contributed by atoms with E-state index in [4.69, 9.17) is 0 Å². The van der Waals surface area contributed by atoms with Crippen LogP contribution in [0.4, 0.5) is 46.5 Å². The fourth-order valence-corrected chi connectivity index (χ4v) is 5.19.